The summed E-state index contributed by atoms with van der Waals surface area (Å²) in [6.07, 6.45) is 6.90. The van der Waals surface area contributed by atoms with Crippen LogP contribution in [0.15, 0.2) is 36.9 Å². The Hall–Kier alpha value is -2.63. The van der Waals surface area contributed by atoms with Gasteiger partial charge in [0.2, 0.25) is 5.78 Å². The molecule has 3 heterocycles. The number of hydrogen-bond acceptors (Lipinski definition) is 3. The van der Waals surface area contributed by atoms with E-state index < -0.39 is 5.97 Å². The average Bonchev–Trinajstić information content (AvgIpc) is 2.91. The molecule has 0 aliphatic rings. The van der Waals surface area contributed by atoms with E-state index in [0.717, 1.165) is 5.56 Å². The van der Waals surface area contributed by atoms with Crippen LogP contribution in [-0.2, 0) is 7.05 Å². The Kier molecular flexibility index (Phi) is 2.16. The molecule has 6 nitrogen and oxygen atoms in total. The summed E-state index contributed by atoms with van der Waals surface area (Å²) in [5.41, 5.74) is 1.33. The molecule has 90 valence electrons. The normalized spacial score (nSPS) is 10.9. The number of carboxylic acids is 1. The van der Waals surface area contributed by atoms with Gasteiger partial charge in [-0.3, -0.25) is 4.40 Å². The van der Waals surface area contributed by atoms with Crippen LogP contribution in [-0.4, -0.2) is 30.0 Å². The fraction of sp³-hybridized carbons (Fsp3) is 0.0833. The minimum Gasteiger partial charge on any atom is -0.476 e. The summed E-state index contributed by atoms with van der Waals surface area (Å²) < 4.78 is 3.32. The van der Waals surface area contributed by atoms with E-state index in [2.05, 4.69) is 9.97 Å². The number of hydrogen-bond donors (Lipinski definition) is 1. The second-order valence-electron chi connectivity index (χ2n) is 3.97. The van der Waals surface area contributed by atoms with Crippen molar-refractivity contribution in [1.29, 1.82) is 0 Å². The van der Waals surface area contributed by atoms with Gasteiger partial charge in [0.15, 0.2) is 5.69 Å². The minimum absolute atomic E-state index is 0.129. The van der Waals surface area contributed by atoms with Gasteiger partial charge in [-0.2, -0.15) is 0 Å². The van der Waals surface area contributed by atoms with Crippen LogP contribution in [0.4, 0.5) is 0 Å². The van der Waals surface area contributed by atoms with Crippen molar-refractivity contribution in [2.24, 2.45) is 7.05 Å². The van der Waals surface area contributed by atoms with Gasteiger partial charge in [-0.15, -0.1) is 0 Å². The van der Waals surface area contributed by atoms with E-state index >= 15 is 0 Å². The predicted molar refractivity (Wildman–Crippen MR) is 64.4 cm³/mol. The Bertz CT molecular complexity index is 741. The van der Waals surface area contributed by atoms with Crippen LogP contribution in [0.3, 0.4) is 0 Å². The lowest BCUT2D eigenvalue weighted by Gasteiger charge is -1.97. The van der Waals surface area contributed by atoms with E-state index in [-0.39, 0.29) is 5.69 Å². The molecule has 0 spiro atoms. The zero-order valence-electron chi connectivity index (χ0n) is 9.61. The third-order valence-corrected chi connectivity index (χ3v) is 2.71. The second-order valence-corrected chi connectivity index (χ2v) is 3.97. The number of carboxylic acid groups (broad SMARTS) is 1. The largest absolute Gasteiger partial charge is 0.476 e. The molecule has 18 heavy (non-hydrogen) atoms. The van der Waals surface area contributed by atoms with Crippen LogP contribution in [0.1, 0.15) is 10.5 Å². The quantitative estimate of drug-likeness (QED) is 0.737. The summed E-state index contributed by atoms with van der Waals surface area (Å²) in [6, 6.07) is 3.50. The van der Waals surface area contributed by atoms with E-state index in [1.165, 1.54) is 4.40 Å². The molecular formula is C12H10N4O2. The van der Waals surface area contributed by atoms with Gasteiger partial charge in [-0.25, -0.2) is 14.8 Å². The number of carbonyl (C=O) groups is 1. The Morgan fingerprint density at radius 3 is 2.89 bits per heavy atom. The molecule has 0 aliphatic heterocycles. The highest BCUT2D eigenvalue weighted by molar-refractivity contribution is 5.94. The van der Waals surface area contributed by atoms with Crippen molar-refractivity contribution < 1.29 is 9.90 Å². The topological polar surface area (TPSA) is 72.4 Å². The summed E-state index contributed by atoms with van der Waals surface area (Å²) in [5.74, 6) is -0.636. The first-order valence-electron chi connectivity index (χ1n) is 5.35. The molecule has 0 bridgehead atoms. The fourth-order valence-electron chi connectivity index (χ4n) is 1.94. The third kappa shape index (κ3) is 1.46. The van der Waals surface area contributed by atoms with Gasteiger partial charge >= 0.3 is 5.97 Å². The molecule has 0 atom stereocenters. The van der Waals surface area contributed by atoms with Crippen molar-refractivity contribution in [2.45, 2.75) is 0 Å². The molecule has 3 aromatic heterocycles. The monoisotopic (exact) mass is 242 g/mol. The molecule has 0 aromatic carbocycles. The van der Waals surface area contributed by atoms with Crippen molar-refractivity contribution >= 4 is 11.7 Å². The molecule has 0 saturated heterocycles. The number of aryl methyl sites for hydroxylation is 1. The second kappa shape index (κ2) is 3.69. The third-order valence-electron chi connectivity index (χ3n) is 2.71. The first kappa shape index (κ1) is 10.5. The van der Waals surface area contributed by atoms with Crippen LogP contribution in [0, 0.1) is 0 Å². The maximum Gasteiger partial charge on any atom is 0.355 e. The molecule has 0 unspecified atom stereocenters. The molecular weight excluding hydrogens is 232 g/mol. The molecule has 0 saturated carbocycles. The zero-order valence-corrected chi connectivity index (χ0v) is 9.61. The molecule has 3 rings (SSSR count). The number of imidazole rings is 1. The van der Waals surface area contributed by atoms with Gasteiger partial charge in [0, 0.05) is 37.4 Å². The first-order valence-corrected chi connectivity index (χ1v) is 5.35. The number of rotatable bonds is 2. The summed E-state index contributed by atoms with van der Waals surface area (Å²) >= 11 is 0. The molecule has 3 aromatic rings. The maximum atomic E-state index is 11.4. The number of nitrogens with zero attached hydrogens (tertiary/aromatic N) is 4. The lowest BCUT2D eigenvalue weighted by atomic mass is 10.2. The van der Waals surface area contributed by atoms with Gasteiger partial charge in [0.25, 0.3) is 0 Å². The fourth-order valence-corrected chi connectivity index (χ4v) is 1.94. The molecule has 0 aliphatic carbocycles. The Morgan fingerprint density at radius 2 is 2.22 bits per heavy atom. The van der Waals surface area contributed by atoms with Crippen molar-refractivity contribution in [3.05, 3.63) is 42.6 Å². The van der Waals surface area contributed by atoms with E-state index in [4.69, 9.17) is 0 Å². The number of fused-ring (bicyclic) bond motifs is 1. The maximum absolute atomic E-state index is 11.4. The summed E-state index contributed by atoms with van der Waals surface area (Å²) in [4.78, 5) is 19.7. The van der Waals surface area contributed by atoms with Crippen LogP contribution < -0.4 is 0 Å². The van der Waals surface area contributed by atoms with E-state index in [1.54, 1.807) is 18.5 Å². The van der Waals surface area contributed by atoms with Crippen LogP contribution >= 0.6 is 0 Å². The van der Waals surface area contributed by atoms with Crippen LogP contribution in [0.5, 0.6) is 0 Å². The van der Waals surface area contributed by atoms with Gasteiger partial charge < -0.3 is 9.67 Å². The highest BCUT2D eigenvalue weighted by atomic mass is 16.4. The molecule has 0 fully saturated rings. The molecule has 0 amide bonds. The molecule has 6 heteroatoms. The minimum atomic E-state index is -1.02. The van der Waals surface area contributed by atoms with Crippen molar-refractivity contribution in [3.8, 4) is 11.3 Å². The first-order chi connectivity index (χ1) is 8.66. The van der Waals surface area contributed by atoms with Crippen molar-refractivity contribution in [2.75, 3.05) is 0 Å². The highest BCUT2D eigenvalue weighted by Crippen LogP contribution is 2.23. The number of aromatic carboxylic acids is 1. The van der Waals surface area contributed by atoms with E-state index in [0.29, 0.717) is 11.5 Å². The highest BCUT2D eigenvalue weighted by Gasteiger charge is 2.20. The lowest BCUT2D eigenvalue weighted by molar-refractivity contribution is 0.0690. The lowest BCUT2D eigenvalue weighted by Crippen LogP contribution is -2.03. The summed E-state index contributed by atoms with van der Waals surface area (Å²) in [7, 11) is 1.87. The molecule has 0 radical (unpaired) electrons. The van der Waals surface area contributed by atoms with Gasteiger partial charge in [0.05, 0.1) is 0 Å². The van der Waals surface area contributed by atoms with Gasteiger partial charge in [-0.1, -0.05) is 0 Å². The Labute approximate surface area is 102 Å². The predicted octanol–water partition coefficient (Wildman–Crippen LogP) is 1.43. The van der Waals surface area contributed by atoms with Crippen molar-refractivity contribution in [1.82, 2.24) is 18.9 Å². The Morgan fingerprint density at radius 1 is 1.39 bits per heavy atom. The van der Waals surface area contributed by atoms with Gasteiger partial charge in [-0.05, 0) is 12.1 Å². The van der Waals surface area contributed by atoms with E-state index in [9.17, 15) is 9.90 Å². The Balaban J connectivity index is 2.34. The molecule has 1 N–H and O–H groups in total. The average molecular weight is 242 g/mol. The zero-order chi connectivity index (χ0) is 12.7. The van der Waals surface area contributed by atoms with Crippen molar-refractivity contribution in [3.63, 3.8) is 0 Å². The van der Waals surface area contributed by atoms with Gasteiger partial charge in [0.1, 0.15) is 5.69 Å². The standard InChI is InChI=1S/C12H10N4O2/c1-15-6-3-8(7-15)9-10(11(17)18)16-5-2-4-13-12(16)14-9/h2-7H,1H3,(H,17,18). The summed E-state index contributed by atoms with van der Waals surface area (Å²) in [5, 5.41) is 9.33. The number of aromatic nitrogens is 4. The smallest absolute Gasteiger partial charge is 0.355 e. The van der Waals surface area contributed by atoms with E-state index in [1.807, 2.05) is 30.1 Å². The summed E-state index contributed by atoms with van der Waals surface area (Å²) in [6.45, 7) is 0. The van der Waals surface area contributed by atoms with Crippen LogP contribution in [0.2, 0.25) is 0 Å². The SMILES string of the molecule is Cn1ccc(-c2nc3ncccn3c2C(=O)O)c1. The van der Waals surface area contributed by atoms with Crippen LogP contribution in [0.25, 0.3) is 17.0 Å².